The van der Waals surface area contributed by atoms with Crippen LogP contribution in [0.15, 0.2) is 40.2 Å². The number of rotatable bonds is 6. The van der Waals surface area contributed by atoms with E-state index in [0.29, 0.717) is 12.1 Å². The van der Waals surface area contributed by atoms with Crippen molar-refractivity contribution >= 4 is 35.7 Å². The largest absolute Gasteiger partial charge is 0.493 e. The van der Waals surface area contributed by atoms with Crippen molar-refractivity contribution in [1.29, 1.82) is 0 Å². The predicted molar refractivity (Wildman–Crippen MR) is 74.6 cm³/mol. The Bertz CT molecular complexity index is 462. The fourth-order valence-corrected chi connectivity index (χ4v) is 2.83. The minimum Gasteiger partial charge on any atom is -0.493 e. The first-order valence-corrected chi connectivity index (χ1v) is 7.23. The Morgan fingerprint density at radius 2 is 2.06 bits per heavy atom. The van der Waals surface area contributed by atoms with Gasteiger partial charge in [-0.3, -0.25) is 0 Å². The summed E-state index contributed by atoms with van der Waals surface area (Å²) in [6, 6.07) is 6.72. The van der Waals surface area contributed by atoms with Crippen LogP contribution in [0.25, 0.3) is 0 Å². The summed E-state index contributed by atoms with van der Waals surface area (Å²) >= 11 is 3.27. The molecule has 18 heavy (non-hydrogen) atoms. The summed E-state index contributed by atoms with van der Waals surface area (Å²) in [5.41, 5.74) is 0.458. The topological polar surface area (TPSA) is 62.6 Å². The normalized spacial score (nSPS) is 10.3. The molecule has 2 N–H and O–H groups in total. The number of ether oxygens (including phenoxy) is 1. The van der Waals surface area contributed by atoms with Crippen LogP contribution in [0.2, 0.25) is 0 Å². The highest BCUT2D eigenvalue weighted by molar-refractivity contribution is 8.01. The zero-order valence-electron chi connectivity index (χ0n) is 9.52. The Hall–Kier alpha value is -1.02. The number of benzene rings is 1. The molecule has 0 spiro atoms. The average molecular weight is 281 g/mol. The highest BCUT2D eigenvalue weighted by atomic mass is 32.2. The standard InChI is InChI=1S/C11H12BNO3S2/c14-12(15)9-1-3-10(4-2-9)16-6-8-18-11-13-5-7-17-11/h1-5,7,14-15H,6,8H2. The van der Waals surface area contributed by atoms with Crippen LogP contribution >= 0.6 is 23.1 Å². The summed E-state index contributed by atoms with van der Waals surface area (Å²) < 4.78 is 6.57. The molecule has 1 heterocycles. The first kappa shape index (κ1) is 13.4. The van der Waals surface area contributed by atoms with Gasteiger partial charge in [0.1, 0.15) is 10.1 Å². The Balaban J connectivity index is 1.73. The third kappa shape index (κ3) is 4.02. The number of thioether (sulfide) groups is 1. The number of nitrogens with zero attached hydrogens (tertiary/aromatic N) is 1. The van der Waals surface area contributed by atoms with Crippen LogP contribution in [0.3, 0.4) is 0 Å². The Labute approximate surface area is 114 Å². The number of thiazole rings is 1. The second kappa shape index (κ2) is 6.79. The molecule has 0 bridgehead atoms. The number of hydrogen-bond acceptors (Lipinski definition) is 6. The van der Waals surface area contributed by atoms with Gasteiger partial charge >= 0.3 is 7.12 Å². The summed E-state index contributed by atoms with van der Waals surface area (Å²) in [4.78, 5) is 4.16. The van der Waals surface area contributed by atoms with Crippen LogP contribution in [0.1, 0.15) is 0 Å². The monoisotopic (exact) mass is 281 g/mol. The lowest BCUT2D eigenvalue weighted by Crippen LogP contribution is -2.29. The molecule has 94 valence electrons. The Morgan fingerprint density at radius 1 is 1.28 bits per heavy atom. The lowest BCUT2D eigenvalue weighted by Gasteiger charge is -2.06. The van der Waals surface area contributed by atoms with Gasteiger partial charge in [-0.05, 0) is 17.6 Å². The van der Waals surface area contributed by atoms with Crippen molar-refractivity contribution in [2.75, 3.05) is 12.4 Å². The molecular weight excluding hydrogens is 269 g/mol. The first-order chi connectivity index (χ1) is 8.75. The van der Waals surface area contributed by atoms with Gasteiger partial charge in [0.2, 0.25) is 0 Å². The zero-order valence-corrected chi connectivity index (χ0v) is 11.2. The van der Waals surface area contributed by atoms with Gasteiger partial charge in [0, 0.05) is 17.3 Å². The minimum atomic E-state index is -1.43. The molecule has 0 saturated carbocycles. The Kier molecular flexibility index (Phi) is 5.06. The smallest absolute Gasteiger partial charge is 0.488 e. The molecule has 1 aromatic heterocycles. The van der Waals surface area contributed by atoms with Gasteiger partial charge in [0.05, 0.1) is 6.61 Å². The van der Waals surface area contributed by atoms with E-state index in [1.54, 1.807) is 53.6 Å². The zero-order chi connectivity index (χ0) is 12.8. The molecule has 1 aromatic carbocycles. The maximum absolute atomic E-state index is 8.94. The van der Waals surface area contributed by atoms with Gasteiger partial charge in [-0.15, -0.1) is 11.3 Å². The van der Waals surface area contributed by atoms with Crippen LogP contribution in [-0.2, 0) is 0 Å². The molecule has 2 rings (SSSR count). The molecule has 2 aromatic rings. The molecule has 0 atom stereocenters. The van der Waals surface area contributed by atoms with E-state index in [-0.39, 0.29) is 0 Å². The summed E-state index contributed by atoms with van der Waals surface area (Å²) in [7, 11) is -1.43. The van der Waals surface area contributed by atoms with Crippen LogP contribution in [0, 0.1) is 0 Å². The summed E-state index contributed by atoms with van der Waals surface area (Å²) in [5, 5.41) is 19.8. The average Bonchev–Trinajstić information content (AvgIpc) is 2.88. The van der Waals surface area contributed by atoms with Crippen molar-refractivity contribution in [3.05, 3.63) is 35.8 Å². The van der Waals surface area contributed by atoms with Crippen molar-refractivity contribution in [3.8, 4) is 5.75 Å². The van der Waals surface area contributed by atoms with Crippen LogP contribution in [0.5, 0.6) is 5.75 Å². The molecule has 0 unspecified atom stereocenters. The molecule has 0 aliphatic heterocycles. The molecule has 0 amide bonds. The van der Waals surface area contributed by atoms with E-state index in [4.69, 9.17) is 14.8 Å². The summed E-state index contributed by atoms with van der Waals surface area (Å²) in [6.45, 7) is 0.589. The van der Waals surface area contributed by atoms with Crippen molar-refractivity contribution in [3.63, 3.8) is 0 Å². The highest BCUT2D eigenvalue weighted by Crippen LogP contribution is 2.20. The van der Waals surface area contributed by atoms with E-state index in [1.807, 2.05) is 5.38 Å². The molecule has 7 heteroatoms. The third-order valence-electron chi connectivity index (χ3n) is 2.17. The fraction of sp³-hybridized carbons (Fsp3) is 0.182. The molecular formula is C11H12BNO3S2. The third-order valence-corrected chi connectivity index (χ3v) is 4.10. The van der Waals surface area contributed by atoms with Gasteiger partial charge in [0.25, 0.3) is 0 Å². The minimum absolute atomic E-state index is 0.458. The lowest BCUT2D eigenvalue weighted by atomic mass is 9.80. The van der Waals surface area contributed by atoms with E-state index >= 15 is 0 Å². The van der Waals surface area contributed by atoms with Crippen molar-refractivity contribution in [1.82, 2.24) is 4.98 Å². The van der Waals surface area contributed by atoms with E-state index in [9.17, 15) is 0 Å². The molecule has 4 nitrogen and oxygen atoms in total. The molecule has 0 fully saturated rings. The number of hydrogen-bond donors (Lipinski definition) is 2. The maximum atomic E-state index is 8.94. The molecule has 0 radical (unpaired) electrons. The lowest BCUT2D eigenvalue weighted by molar-refractivity contribution is 0.344. The maximum Gasteiger partial charge on any atom is 0.488 e. The Morgan fingerprint density at radius 3 is 2.67 bits per heavy atom. The van der Waals surface area contributed by atoms with E-state index in [1.165, 1.54) is 0 Å². The molecule has 0 aliphatic carbocycles. The van der Waals surface area contributed by atoms with Crippen molar-refractivity contribution < 1.29 is 14.8 Å². The second-order valence-corrected chi connectivity index (χ2v) is 5.67. The predicted octanol–water partition coefficient (Wildman–Crippen LogP) is 0.994. The first-order valence-electron chi connectivity index (χ1n) is 5.37. The van der Waals surface area contributed by atoms with Crippen molar-refractivity contribution in [2.24, 2.45) is 0 Å². The van der Waals surface area contributed by atoms with E-state index in [2.05, 4.69) is 4.98 Å². The summed E-state index contributed by atoms with van der Waals surface area (Å²) in [5.74, 6) is 1.55. The number of aromatic nitrogens is 1. The SMILES string of the molecule is OB(O)c1ccc(OCCSc2nccs2)cc1. The van der Waals surface area contributed by atoms with Crippen molar-refractivity contribution in [2.45, 2.75) is 4.34 Å². The highest BCUT2D eigenvalue weighted by Gasteiger charge is 2.09. The second-order valence-electron chi connectivity index (χ2n) is 3.44. The fourth-order valence-electron chi connectivity index (χ4n) is 1.31. The van der Waals surface area contributed by atoms with E-state index in [0.717, 1.165) is 15.8 Å². The molecule has 0 saturated heterocycles. The van der Waals surface area contributed by atoms with Gasteiger partial charge in [-0.1, -0.05) is 23.9 Å². The summed E-state index contributed by atoms with van der Waals surface area (Å²) in [6.07, 6.45) is 1.78. The van der Waals surface area contributed by atoms with Gasteiger partial charge in [-0.2, -0.15) is 0 Å². The van der Waals surface area contributed by atoms with Gasteiger partial charge in [-0.25, -0.2) is 4.98 Å². The van der Waals surface area contributed by atoms with Crippen LogP contribution < -0.4 is 10.2 Å². The van der Waals surface area contributed by atoms with Crippen LogP contribution in [-0.4, -0.2) is 34.5 Å². The van der Waals surface area contributed by atoms with Crippen LogP contribution in [0.4, 0.5) is 0 Å². The molecule has 0 aliphatic rings. The van der Waals surface area contributed by atoms with Gasteiger partial charge in [0.15, 0.2) is 0 Å². The quantitative estimate of drug-likeness (QED) is 0.470. The van der Waals surface area contributed by atoms with Gasteiger partial charge < -0.3 is 14.8 Å². The van der Waals surface area contributed by atoms with E-state index < -0.39 is 7.12 Å².